The van der Waals surface area contributed by atoms with Gasteiger partial charge in [0.05, 0.1) is 25.5 Å². The van der Waals surface area contributed by atoms with Crippen molar-refractivity contribution in [2.24, 2.45) is 0 Å². The Morgan fingerprint density at radius 1 is 0.812 bits per heavy atom. The van der Waals surface area contributed by atoms with E-state index in [0.717, 1.165) is 31.9 Å². The zero-order valence-electron chi connectivity index (χ0n) is 19.4. The Labute approximate surface area is 190 Å². The third-order valence-electron chi connectivity index (χ3n) is 5.16. The molecule has 0 spiro atoms. The van der Waals surface area contributed by atoms with Gasteiger partial charge in [-0.1, -0.05) is 0 Å². The molecule has 1 saturated heterocycles. The van der Waals surface area contributed by atoms with Crippen molar-refractivity contribution in [3.63, 3.8) is 0 Å². The van der Waals surface area contributed by atoms with Crippen molar-refractivity contribution >= 4 is 23.1 Å². The largest absolute Gasteiger partial charge is 0.490 e. The zero-order valence-corrected chi connectivity index (χ0v) is 19.4. The van der Waals surface area contributed by atoms with E-state index in [2.05, 4.69) is 27.5 Å². The third kappa shape index (κ3) is 6.20. The van der Waals surface area contributed by atoms with Gasteiger partial charge in [-0.2, -0.15) is 0 Å². The normalized spacial score (nSPS) is 14.1. The molecule has 0 aliphatic carbocycles. The van der Waals surface area contributed by atoms with Crippen LogP contribution in [0, 0.1) is 0 Å². The summed E-state index contributed by atoms with van der Waals surface area (Å²) in [6.07, 6.45) is 0. The minimum absolute atomic E-state index is 0.341. The summed E-state index contributed by atoms with van der Waals surface area (Å²) < 4.78 is 17.1. The predicted octanol–water partition coefficient (Wildman–Crippen LogP) is 4.28. The topological polar surface area (TPSA) is 75.3 Å². The first kappa shape index (κ1) is 23.5. The summed E-state index contributed by atoms with van der Waals surface area (Å²) in [5, 5.41) is 5.74. The van der Waals surface area contributed by atoms with Crippen molar-refractivity contribution in [3.05, 3.63) is 36.4 Å². The Balaban J connectivity index is 1.67. The lowest BCUT2D eigenvalue weighted by Gasteiger charge is -2.34. The molecule has 0 bridgehead atoms. The number of hydrogen-bond donors (Lipinski definition) is 2. The number of ether oxygens (including phenoxy) is 3. The molecule has 0 aromatic heterocycles. The van der Waals surface area contributed by atoms with E-state index in [4.69, 9.17) is 14.2 Å². The molecule has 32 heavy (non-hydrogen) atoms. The fourth-order valence-corrected chi connectivity index (χ4v) is 3.57. The van der Waals surface area contributed by atoms with E-state index in [0.29, 0.717) is 42.8 Å². The Kier molecular flexibility index (Phi) is 8.44. The molecule has 1 fully saturated rings. The summed E-state index contributed by atoms with van der Waals surface area (Å²) in [7, 11) is 2.14. The summed E-state index contributed by atoms with van der Waals surface area (Å²) in [5.74, 6) is 1.61. The molecule has 3 rings (SSSR count). The van der Waals surface area contributed by atoms with Gasteiger partial charge in [-0.05, 0) is 52.1 Å². The van der Waals surface area contributed by atoms with Gasteiger partial charge in [-0.15, -0.1) is 0 Å². The van der Waals surface area contributed by atoms with Crippen LogP contribution in [-0.4, -0.2) is 64.0 Å². The Morgan fingerprint density at radius 2 is 1.34 bits per heavy atom. The molecule has 2 N–H and O–H groups in total. The molecule has 2 aromatic carbocycles. The van der Waals surface area contributed by atoms with Gasteiger partial charge in [-0.25, -0.2) is 4.79 Å². The van der Waals surface area contributed by atoms with E-state index in [1.54, 1.807) is 12.1 Å². The van der Waals surface area contributed by atoms with E-state index in [1.807, 2.05) is 45.0 Å². The lowest BCUT2D eigenvalue weighted by atomic mass is 10.2. The summed E-state index contributed by atoms with van der Waals surface area (Å²) in [6.45, 7) is 11.2. The maximum Gasteiger partial charge on any atom is 0.323 e. The van der Waals surface area contributed by atoms with Gasteiger partial charge in [-0.3, -0.25) is 0 Å². The van der Waals surface area contributed by atoms with E-state index >= 15 is 0 Å². The Morgan fingerprint density at radius 3 is 1.88 bits per heavy atom. The summed E-state index contributed by atoms with van der Waals surface area (Å²) >= 11 is 0. The van der Waals surface area contributed by atoms with Crippen LogP contribution in [0.4, 0.5) is 21.9 Å². The van der Waals surface area contributed by atoms with Crippen molar-refractivity contribution in [1.29, 1.82) is 0 Å². The highest BCUT2D eigenvalue weighted by atomic mass is 16.5. The number of carbonyl (C=O) groups is 1. The second-order valence-corrected chi connectivity index (χ2v) is 7.52. The number of rotatable bonds is 9. The first-order chi connectivity index (χ1) is 15.5. The first-order valence-corrected chi connectivity index (χ1v) is 11.2. The van der Waals surface area contributed by atoms with Gasteiger partial charge < -0.3 is 34.6 Å². The standard InChI is InChI=1S/C24H34N4O4/c1-5-30-21-16-19(17-22(31-6-2)23(21)32-7-3)26-24(29)25-18-8-10-20(11-9-18)28-14-12-27(4)13-15-28/h8-11,16-17H,5-7,12-15H2,1-4H3,(H2,25,26,29). The van der Waals surface area contributed by atoms with Crippen molar-refractivity contribution < 1.29 is 19.0 Å². The van der Waals surface area contributed by atoms with Crippen LogP contribution in [0.15, 0.2) is 36.4 Å². The molecule has 0 unspecified atom stereocenters. The molecule has 2 aromatic rings. The van der Waals surface area contributed by atoms with Crippen molar-refractivity contribution in [1.82, 2.24) is 4.90 Å². The van der Waals surface area contributed by atoms with Gasteiger partial charge in [0.2, 0.25) is 5.75 Å². The lowest BCUT2D eigenvalue weighted by Crippen LogP contribution is -2.44. The van der Waals surface area contributed by atoms with Gasteiger partial charge in [0.25, 0.3) is 0 Å². The molecule has 8 nitrogen and oxygen atoms in total. The highest BCUT2D eigenvalue weighted by Gasteiger charge is 2.17. The smallest absolute Gasteiger partial charge is 0.323 e. The van der Waals surface area contributed by atoms with Crippen LogP contribution < -0.4 is 29.7 Å². The SMILES string of the molecule is CCOc1cc(NC(=O)Nc2ccc(N3CCN(C)CC3)cc2)cc(OCC)c1OCC. The molecular weight excluding hydrogens is 408 g/mol. The minimum atomic E-state index is -0.341. The molecule has 0 atom stereocenters. The van der Waals surface area contributed by atoms with Gasteiger partial charge in [0.15, 0.2) is 11.5 Å². The minimum Gasteiger partial charge on any atom is -0.490 e. The van der Waals surface area contributed by atoms with E-state index in [-0.39, 0.29) is 6.03 Å². The van der Waals surface area contributed by atoms with Crippen LogP contribution in [0.25, 0.3) is 0 Å². The second-order valence-electron chi connectivity index (χ2n) is 7.52. The van der Waals surface area contributed by atoms with Gasteiger partial charge in [0, 0.05) is 49.7 Å². The quantitative estimate of drug-likeness (QED) is 0.604. The number of urea groups is 1. The number of nitrogens with zero attached hydrogens (tertiary/aromatic N) is 2. The Bertz CT molecular complexity index is 853. The second kappa shape index (κ2) is 11.5. The summed E-state index contributed by atoms with van der Waals surface area (Å²) in [6, 6.07) is 11.1. The maximum absolute atomic E-state index is 12.6. The maximum atomic E-state index is 12.6. The van der Waals surface area contributed by atoms with Gasteiger partial charge in [0.1, 0.15) is 0 Å². The highest BCUT2D eigenvalue weighted by Crippen LogP contribution is 2.40. The number of anilines is 3. The number of amides is 2. The number of hydrogen-bond acceptors (Lipinski definition) is 6. The number of carbonyl (C=O) groups excluding carboxylic acids is 1. The fraction of sp³-hybridized carbons (Fsp3) is 0.458. The highest BCUT2D eigenvalue weighted by molar-refractivity contribution is 6.00. The summed E-state index contributed by atoms with van der Waals surface area (Å²) in [4.78, 5) is 17.3. The molecule has 1 aliphatic rings. The molecule has 2 amide bonds. The molecule has 1 heterocycles. The molecule has 8 heteroatoms. The van der Waals surface area contributed by atoms with Crippen molar-refractivity contribution in [2.45, 2.75) is 20.8 Å². The number of piperazine rings is 1. The lowest BCUT2D eigenvalue weighted by molar-refractivity contribution is 0.260. The first-order valence-electron chi connectivity index (χ1n) is 11.2. The van der Waals surface area contributed by atoms with Crippen LogP contribution >= 0.6 is 0 Å². The van der Waals surface area contributed by atoms with Crippen LogP contribution in [0.2, 0.25) is 0 Å². The molecule has 0 radical (unpaired) electrons. The van der Waals surface area contributed by atoms with E-state index in [9.17, 15) is 4.79 Å². The van der Waals surface area contributed by atoms with Crippen molar-refractivity contribution in [2.75, 3.05) is 68.6 Å². The molecule has 0 saturated carbocycles. The molecule has 174 valence electrons. The number of nitrogens with one attached hydrogen (secondary N) is 2. The summed E-state index contributed by atoms with van der Waals surface area (Å²) in [5.41, 5.74) is 2.45. The number of benzene rings is 2. The van der Waals surface area contributed by atoms with E-state index in [1.165, 1.54) is 5.69 Å². The fourth-order valence-electron chi connectivity index (χ4n) is 3.57. The zero-order chi connectivity index (χ0) is 22.9. The van der Waals surface area contributed by atoms with Crippen LogP contribution in [0.1, 0.15) is 20.8 Å². The van der Waals surface area contributed by atoms with Crippen molar-refractivity contribution in [3.8, 4) is 17.2 Å². The van der Waals surface area contributed by atoms with Crippen LogP contribution in [0.3, 0.4) is 0 Å². The van der Waals surface area contributed by atoms with Gasteiger partial charge >= 0.3 is 6.03 Å². The molecule has 1 aliphatic heterocycles. The number of likely N-dealkylation sites (N-methyl/N-ethyl adjacent to an activating group) is 1. The third-order valence-corrected chi connectivity index (χ3v) is 5.16. The monoisotopic (exact) mass is 442 g/mol. The Hall–Kier alpha value is -3.13. The van der Waals surface area contributed by atoms with Crippen LogP contribution in [0.5, 0.6) is 17.2 Å². The average Bonchev–Trinajstić information content (AvgIpc) is 2.77. The van der Waals surface area contributed by atoms with E-state index < -0.39 is 0 Å². The average molecular weight is 443 g/mol. The molecular formula is C24H34N4O4. The predicted molar refractivity (Wildman–Crippen MR) is 129 cm³/mol. The van der Waals surface area contributed by atoms with Crippen LogP contribution in [-0.2, 0) is 0 Å².